The number of benzene rings is 3. The van der Waals surface area contributed by atoms with Gasteiger partial charge in [0.2, 0.25) is 0 Å². The largest absolute Gasteiger partial charge is 0.382 e. The normalized spacial score (nSPS) is 10.6. The third kappa shape index (κ3) is 2.78. The minimum Gasteiger partial charge on any atom is -0.382 e. The van der Waals surface area contributed by atoms with E-state index in [-0.39, 0.29) is 11.6 Å². The minimum atomic E-state index is -0.135. The van der Waals surface area contributed by atoms with Gasteiger partial charge in [0.05, 0.1) is 16.9 Å². The maximum absolute atomic E-state index is 13.2. The summed E-state index contributed by atoms with van der Waals surface area (Å²) < 4.78 is 1.74. The summed E-state index contributed by atoms with van der Waals surface area (Å²) in [6.07, 6.45) is 0. The Hall–Kier alpha value is -3.66. The first kappa shape index (κ1) is 15.8. The van der Waals surface area contributed by atoms with Crippen LogP contribution in [0.15, 0.2) is 91.0 Å². The standard InChI is InChI=1S/C22H17N3O/c23-22-19(21(26)17-12-6-2-7-13-17)20(16-10-4-1-5-11-16)25(24-22)18-14-8-3-9-15-18/h1-15H,(H2,23,24). The molecule has 0 aliphatic heterocycles. The zero-order chi connectivity index (χ0) is 17.9. The summed E-state index contributed by atoms with van der Waals surface area (Å²) in [5.41, 5.74) is 9.65. The van der Waals surface area contributed by atoms with Gasteiger partial charge in [0.15, 0.2) is 11.6 Å². The zero-order valence-electron chi connectivity index (χ0n) is 14.0. The van der Waals surface area contributed by atoms with E-state index < -0.39 is 0 Å². The highest BCUT2D eigenvalue weighted by Gasteiger charge is 2.25. The van der Waals surface area contributed by atoms with Gasteiger partial charge in [0.1, 0.15) is 0 Å². The number of anilines is 1. The van der Waals surface area contributed by atoms with Gasteiger partial charge in [-0.05, 0) is 12.1 Å². The summed E-state index contributed by atoms with van der Waals surface area (Å²) in [6, 6.07) is 28.5. The molecule has 1 aromatic heterocycles. The van der Waals surface area contributed by atoms with Crippen molar-refractivity contribution in [2.24, 2.45) is 0 Å². The molecule has 0 saturated carbocycles. The fraction of sp³-hybridized carbons (Fsp3) is 0. The van der Waals surface area contributed by atoms with Crippen molar-refractivity contribution in [3.8, 4) is 16.9 Å². The van der Waals surface area contributed by atoms with Crippen molar-refractivity contribution in [1.82, 2.24) is 9.78 Å². The summed E-state index contributed by atoms with van der Waals surface area (Å²) in [5.74, 6) is 0.0886. The fourth-order valence-corrected chi connectivity index (χ4v) is 3.01. The van der Waals surface area contributed by atoms with Gasteiger partial charge in [-0.15, -0.1) is 5.10 Å². The minimum absolute atomic E-state index is 0.135. The first-order valence-corrected chi connectivity index (χ1v) is 8.35. The molecule has 2 N–H and O–H groups in total. The molecule has 0 aliphatic carbocycles. The lowest BCUT2D eigenvalue weighted by Crippen LogP contribution is -2.06. The van der Waals surface area contributed by atoms with E-state index in [2.05, 4.69) is 5.10 Å². The van der Waals surface area contributed by atoms with E-state index in [1.165, 1.54) is 0 Å². The predicted octanol–water partition coefficient (Wildman–Crippen LogP) is 4.35. The Morgan fingerprint density at radius 1 is 0.769 bits per heavy atom. The zero-order valence-corrected chi connectivity index (χ0v) is 14.0. The second kappa shape index (κ2) is 6.69. The second-order valence-electron chi connectivity index (χ2n) is 5.92. The van der Waals surface area contributed by atoms with Crippen LogP contribution in [0.4, 0.5) is 5.82 Å². The summed E-state index contributed by atoms with van der Waals surface area (Å²) >= 11 is 0. The maximum Gasteiger partial charge on any atom is 0.199 e. The summed E-state index contributed by atoms with van der Waals surface area (Å²) in [7, 11) is 0. The van der Waals surface area contributed by atoms with Gasteiger partial charge in [-0.25, -0.2) is 4.68 Å². The van der Waals surface area contributed by atoms with Crippen molar-refractivity contribution >= 4 is 11.6 Å². The maximum atomic E-state index is 13.2. The fourth-order valence-electron chi connectivity index (χ4n) is 3.01. The molecular weight excluding hydrogens is 322 g/mol. The first-order chi connectivity index (χ1) is 12.8. The number of nitrogen functional groups attached to an aromatic ring is 1. The number of para-hydroxylation sites is 1. The molecular formula is C22H17N3O. The molecule has 0 atom stereocenters. The van der Waals surface area contributed by atoms with Gasteiger partial charge in [0, 0.05) is 11.1 Å². The summed E-state index contributed by atoms with van der Waals surface area (Å²) in [4.78, 5) is 13.2. The molecule has 0 spiro atoms. The molecule has 4 heteroatoms. The van der Waals surface area contributed by atoms with Crippen LogP contribution >= 0.6 is 0 Å². The monoisotopic (exact) mass is 339 g/mol. The van der Waals surface area contributed by atoms with Crippen LogP contribution in [-0.2, 0) is 0 Å². The molecule has 126 valence electrons. The van der Waals surface area contributed by atoms with E-state index in [0.717, 1.165) is 11.3 Å². The van der Waals surface area contributed by atoms with Gasteiger partial charge in [-0.3, -0.25) is 4.79 Å². The van der Waals surface area contributed by atoms with Gasteiger partial charge in [-0.2, -0.15) is 0 Å². The summed E-state index contributed by atoms with van der Waals surface area (Å²) in [5, 5.41) is 4.48. The first-order valence-electron chi connectivity index (χ1n) is 8.35. The van der Waals surface area contributed by atoms with Gasteiger partial charge >= 0.3 is 0 Å². The molecule has 0 radical (unpaired) electrons. The third-order valence-corrected chi connectivity index (χ3v) is 4.22. The highest BCUT2D eigenvalue weighted by atomic mass is 16.1. The SMILES string of the molecule is Nc1nn(-c2ccccc2)c(-c2ccccc2)c1C(=O)c1ccccc1. The molecule has 0 amide bonds. The molecule has 0 fully saturated rings. The van der Waals surface area contributed by atoms with E-state index in [4.69, 9.17) is 5.73 Å². The summed E-state index contributed by atoms with van der Waals surface area (Å²) in [6.45, 7) is 0. The Balaban J connectivity index is 1.97. The Kier molecular flexibility index (Phi) is 4.07. The van der Waals surface area contributed by atoms with Crippen LogP contribution in [0.25, 0.3) is 16.9 Å². The van der Waals surface area contributed by atoms with Crippen molar-refractivity contribution in [1.29, 1.82) is 0 Å². The van der Waals surface area contributed by atoms with Crippen molar-refractivity contribution < 1.29 is 4.79 Å². The number of nitrogens with zero attached hydrogens (tertiary/aromatic N) is 2. The molecule has 4 rings (SSSR count). The molecule has 0 saturated heterocycles. The molecule has 0 bridgehead atoms. The van der Waals surface area contributed by atoms with Crippen LogP contribution < -0.4 is 5.73 Å². The van der Waals surface area contributed by atoms with E-state index in [1.54, 1.807) is 16.8 Å². The predicted molar refractivity (Wildman–Crippen MR) is 103 cm³/mol. The van der Waals surface area contributed by atoms with E-state index >= 15 is 0 Å². The van der Waals surface area contributed by atoms with E-state index in [1.807, 2.05) is 78.9 Å². The van der Waals surface area contributed by atoms with E-state index in [9.17, 15) is 4.79 Å². The van der Waals surface area contributed by atoms with Crippen LogP contribution in [0.1, 0.15) is 15.9 Å². The lowest BCUT2D eigenvalue weighted by molar-refractivity contribution is 0.104. The van der Waals surface area contributed by atoms with Gasteiger partial charge < -0.3 is 5.73 Å². The molecule has 4 nitrogen and oxygen atoms in total. The molecule has 26 heavy (non-hydrogen) atoms. The third-order valence-electron chi connectivity index (χ3n) is 4.22. The Morgan fingerprint density at radius 2 is 1.31 bits per heavy atom. The van der Waals surface area contributed by atoms with E-state index in [0.29, 0.717) is 16.8 Å². The lowest BCUT2D eigenvalue weighted by Gasteiger charge is -2.09. The number of carbonyl (C=O) groups excluding carboxylic acids is 1. The number of hydrogen-bond acceptors (Lipinski definition) is 3. The van der Waals surface area contributed by atoms with Crippen LogP contribution in [0.5, 0.6) is 0 Å². The average Bonchev–Trinajstić information content (AvgIpc) is 3.06. The molecule has 4 aromatic rings. The average molecular weight is 339 g/mol. The van der Waals surface area contributed by atoms with Crippen molar-refractivity contribution in [3.63, 3.8) is 0 Å². The second-order valence-corrected chi connectivity index (χ2v) is 5.92. The number of hydrogen-bond donors (Lipinski definition) is 1. The highest BCUT2D eigenvalue weighted by molar-refractivity contribution is 6.15. The van der Waals surface area contributed by atoms with Crippen LogP contribution in [0.3, 0.4) is 0 Å². The Labute approximate surface area is 151 Å². The quantitative estimate of drug-likeness (QED) is 0.562. The number of aromatic nitrogens is 2. The van der Waals surface area contributed by atoms with Crippen molar-refractivity contribution in [2.75, 3.05) is 5.73 Å². The number of nitrogens with two attached hydrogens (primary N) is 1. The molecule has 0 unspecified atom stereocenters. The van der Waals surface area contributed by atoms with Crippen LogP contribution in [0, 0.1) is 0 Å². The van der Waals surface area contributed by atoms with Gasteiger partial charge in [-0.1, -0.05) is 78.9 Å². The Morgan fingerprint density at radius 3 is 1.92 bits per heavy atom. The molecule has 1 heterocycles. The lowest BCUT2D eigenvalue weighted by atomic mass is 9.99. The topological polar surface area (TPSA) is 60.9 Å². The van der Waals surface area contributed by atoms with Gasteiger partial charge in [0.25, 0.3) is 0 Å². The number of ketones is 1. The Bertz CT molecular complexity index is 1040. The number of carbonyl (C=O) groups is 1. The molecule has 0 aliphatic rings. The van der Waals surface area contributed by atoms with Crippen LogP contribution in [0.2, 0.25) is 0 Å². The van der Waals surface area contributed by atoms with Crippen molar-refractivity contribution in [3.05, 3.63) is 102 Å². The number of rotatable bonds is 4. The smallest absolute Gasteiger partial charge is 0.199 e. The van der Waals surface area contributed by atoms with Crippen LogP contribution in [-0.4, -0.2) is 15.6 Å². The highest BCUT2D eigenvalue weighted by Crippen LogP contribution is 2.32. The molecule has 3 aromatic carbocycles. The van der Waals surface area contributed by atoms with Crippen molar-refractivity contribution in [2.45, 2.75) is 0 Å².